The maximum absolute atomic E-state index is 5.96. The third kappa shape index (κ3) is 5.21. The Labute approximate surface area is 127 Å². The summed E-state index contributed by atoms with van der Waals surface area (Å²) in [7, 11) is 1.69. The van der Waals surface area contributed by atoms with Gasteiger partial charge in [-0.2, -0.15) is 0 Å². The molecule has 0 radical (unpaired) electrons. The Bertz CT molecular complexity index is 428. The molecule has 1 atom stereocenters. The van der Waals surface area contributed by atoms with Gasteiger partial charge in [0, 0.05) is 18.7 Å². The quantitative estimate of drug-likeness (QED) is 0.800. The molecule has 1 heterocycles. The highest BCUT2D eigenvalue weighted by Gasteiger charge is 2.17. The summed E-state index contributed by atoms with van der Waals surface area (Å²) in [5.41, 5.74) is 1.13. The molecule has 118 valence electrons. The van der Waals surface area contributed by atoms with Gasteiger partial charge < -0.3 is 19.5 Å². The van der Waals surface area contributed by atoms with Gasteiger partial charge in [-0.05, 0) is 43.5 Å². The summed E-state index contributed by atoms with van der Waals surface area (Å²) < 4.78 is 16.9. The van der Waals surface area contributed by atoms with Gasteiger partial charge in [0.15, 0.2) is 0 Å². The molecule has 21 heavy (non-hydrogen) atoms. The fraction of sp³-hybridized carbons (Fsp3) is 0.647. The standard InChI is InChI=1S/C17H27NO3/c1-13(2)10-18-11-14-9-15(19-3)6-7-17(14)21-12-16-5-4-8-20-16/h6-7,9,13,16,18H,4-5,8,10-12H2,1-3H3. The molecule has 2 rings (SSSR count). The first-order valence-corrected chi connectivity index (χ1v) is 7.81. The molecule has 1 aliphatic rings. The molecule has 1 aromatic carbocycles. The van der Waals surface area contributed by atoms with Gasteiger partial charge >= 0.3 is 0 Å². The second-order valence-corrected chi connectivity index (χ2v) is 5.94. The first-order chi connectivity index (χ1) is 10.2. The second kappa shape index (κ2) is 8.25. The van der Waals surface area contributed by atoms with Crippen LogP contribution in [0.25, 0.3) is 0 Å². The van der Waals surface area contributed by atoms with E-state index in [1.165, 1.54) is 0 Å². The van der Waals surface area contributed by atoms with E-state index in [-0.39, 0.29) is 6.10 Å². The van der Waals surface area contributed by atoms with Crippen LogP contribution in [0.2, 0.25) is 0 Å². The first-order valence-electron chi connectivity index (χ1n) is 7.81. The fourth-order valence-electron chi connectivity index (χ4n) is 2.42. The van der Waals surface area contributed by atoms with Gasteiger partial charge in [-0.15, -0.1) is 0 Å². The summed E-state index contributed by atoms with van der Waals surface area (Å²) in [4.78, 5) is 0. The Morgan fingerprint density at radius 2 is 2.24 bits per heavy atom. The van der Waals surface area contributed by atoms with Crippen molar-refractivity contribution >= 4 is 0 Å². The predicted molar refractivity (Wildman–Crippen MR) is 84.0 cm³/mol. The molecule has 1 saturated heterocycles. The van der Waals surface area contributed by atoms with Crippen molar-refractivity contribution in [1.82, 2.24) is 5.32 Å². The zero-order valence-electron chi connectivity index (χ0n) is 13.4. The molecule has 0 amide bonds. The molecule has 0 aromatic heterocycles. The Morgan fingerprint density at radius 3 is 2.90 bits per heavy atom. The minimum atomic E-state index is 0.239. The molecule has 0 spiro atoms. The van der Waals surface area contributed by atoms with E-state index in [9.17, 15) is 0 Å². The number of rotatable bonds is 8. The molecular formula is C17H27NO3. The number of ether oxygens (including phenoxy) is 3. The van der Waals surface area contributed by atoms with E-state index >= 15 is 0 Å². The highest BCUT2D eigenvalue weighted by molar-refractivity contribution is 5.40. The second-order valence-electron chi connectivity index (χ2n) is 5.94. The van der Waals surface area contributed by atoms with Crippen LogP contribution in [0, 0.1) is 5.92 Å². The van der Waals surface area contributed by atoms with E-state index in [0.29, 0.717) is 12.5 Å². The largest absolute Gasteiger partial charge is 0.497 e. The van der Waals surface area contributed by atoms with Crippen molar-refractivity contribution < 1.29 is 14.2 Å². The average Bonchev–Trinajstić information content (AvgIpc) is 2.98. The number of methoxy groups -OCH3 is 1. The maximum Gasteiger partial charge on any atom is 0.124 e. The van der Waals surface area contributed by atoms with E-state index in [0.717, 1.165) is 49.6 Å². The number of hydrogen-bond donors (Lipinski definition) is 1. The molecular weight excluding hydrogens is 266 g/mol. The molecule has 4 nitrogen and oxygen atoms in total. The average molecular weight is 293 g/mol. The summed E-state index contributed by atoms with van der Waals surface area (Å²) in [6.45, 7) is 7.67. The highest BCUT2D eigenvalue weighted by Crippen LogP contribution is 2.25. The summed E-state index contributed by atoms with van der Waals surface area (Å²) in [6, 6.07) is 5.97. The van der Waals surface area contributed by atoms with E-state index in [4.69, 9.17) is 14.2 Å². The molecule has 1 aliphatic heterocycles. The van der Waals surface area contributed by atoms with Crippen molar-refractivity contribution in [3.05, 3.63) is 23.8 Å². The molecule has 1 unspecified atom stereocenters. The Balaban J connectivity index is 1.96. The SMILES string of the molecule is COc1ccc(OCC2CCCO2)c(CNCC(C)C)c1. The summed E-state index contributed by atoms with van der Waals surface area (Å²) in [5, 5.41) is 3.45. The van der Waals surface area contributed by atoms with Gasteiger partial charge in [-0.3, -0.25) is 0 Å². The van der Waals surface area contributed by atoms with Crippen LogP contribution in [0.1, 0.15) is 32.3 Å². The van der Waals surface area contributed by atoms with E-state index < -0.39 is 0 Å². The van der Waals surface area contributed by atoms with Crippen LogP contribution in [0.4, 0.5) is 0 Å². The van der Waals surface area contributed by atoms with Gasteiger partial charge in [0.2, 0.25) is 0 Å². The molecule has 1 N–H and O–H groups in total. The van der Waals surface area contributed by atoms with Gasteiger partial charge in [0.05, 0.1) is 13.2 Å². The first kappa shape index (κ1) is 16.1. The third-order valence-corrected chi connectivity index (χ3v) is 3.58. The van der Waals surface area contributed by atoms with Crippen LogP contribution >= 0.6 is 0 Å². The van der Waals surface area contributed by atoms with Crippen molar-refractivity contribution in [2.45, 2.75) is 39.3 Å². The zero-order chi connectivity index (χ0) is 15.1. The Kier molecular flexibility index (Phi) is 6.33. The van der Waals surface area contributed by atoms with Crippen molar-refractivity contribution in [2.75, 3.05) is 26.9 Å². The van der Waals surface area contributed by atoms with Crippen LogP contribution < -0.4 is 14.8 Å². The van der Waals surface area contributed by atoms with Crippen LogP contribution in [-0.4, -0.2) is 33.0 Å². The number of hydrogen-bond acceptors (Lipinski definition) is 4. The lowest BCUT2D eigenvalue weighted by Crippen LogP contribution is -2.21. The van der Waals surface area contributed by atoms with Crippen LogP contribution in [0.5, 0.6) is 11.5 Å². The fourth-order valence-corrected chi connectivity index (χ4v) is 2.42. The summed E-state index contributed by atoms with van der Waals surface area (Å²) >= 11 is 0. The van der Waals surface area contributed by atoms with Crippen molar-refractivity contribution in [3.63, 3.8) is 0 Å². The van der Waals surface area contributed by atoms with Crippen LogP contribution in [-0.2, 0) is 11.3 Å². The highest BCUT2D eigenvalue weighted by atomic mass is 16.5. The Hall–Kier alpha value is -1.26. The number of benzene rings is 1. The monoisotopic (exact) mass is 293 g/mol. The predicted octanol–water partition coefficient (Wildman–Crippen LogP) is 3.00. The molecule has 0 bridgehead atoms. The van der Waals surface area contributed by atoms with Crippen LogP contribution in [0.3, 0.4) is 0 Å². The maximum atomic E-state index is 5.96. The lowest BCUT2D eigenvalue weighted by Gasteiger charge is -2.16. The van der Waals surface area contributed by atoms with E-state index in [1.807, 2.05) is 18.2 Å². The van der Waals surface area contributed by atoms with Crippen LogP contribution in [0.15, 0.2) is 18.2 Å². The molecule has 4 heteroatoms. The lowest BCUT2D eigenvalue weighted by atomic mass is 10.1. The molecule has 0 aliphatic carbocycles. The minimum Gasteiger partial charge on any atom is -0.497 e. The zero-order valence-corrected chi connectivity index (χ0v) is 13.4. The van der Waals surface area contributed by atoms with Gasteiger partial charge in [0.1, 0.15) is 18.1 Å². The summed E-state index contributed by atoms with van der Waals surface area (Å²) in [6.07, 6.45) is 2.47. The summed E-state index contributed by atoms with van der Waals surface area (Å²) in [5.74, 6) is 2.41. The minimum absolute atomic E-state index is 0.239. The van der Waals surface area contributed by atoms with Gasteiger partial charge in [-0.25, -0.2) is 0 Å². The van der Waals surface area contributed by atoms with Crippen molar-refractivity contribution in [1.29, 1.82) is 0 Å². The topological polar surface area (TPSA) is 39.7 Å². The third-order valence-electron chi connectivity index (χ3n) is 3.58. The van der Waals surface area contributed by atoms with Gasteiger partial charge in [0.25, 0.3) is 0 Å². The molecule has 0 saturated carbocycles. The van der Waals surface area contributed by atoms with E-state index in [2.05, 4.69) is 19.2 Å². The number of nitrogens with one attached hydrogen (secondary N) is 1. The van der Waals surface area contributed by atoms with Gasteiger partial charge in [-0.1, -0.05) is 13.8 Å². The molecule has 1 aromatic rings. The van der Waals surface area contributed by atoms with E-state index in [1.54, 1.807) is 7.11 Å². The van der Waals surface area contributed by atoms with Crippen molar-refractivity contribution in [2.24, 2.45) is 5.92 Å². The smallest absolute Gasteiger partial charge is 0.124 e. The Morgan fingerprint density at radius 1 is 1.38 bits per heavy atom. The lowest BCUT2D eigenvalue weighted by molar-refractivity contribution is 0.0675. The normalized spacial score (nSPS) is 18.2. The van der Waals surface area contributed by atoms with Crippen molar-refractivity contribution in [3.8, 4) is 11.5 Å². The molecule has 1 fully saturated rings.